The van der Waals surface area contributed by atoms with Crippen LogP contribution in [-0.4, -0.2) is 53.5 Å². The summed E-state index contributed by atoms with van der Waals surface area (Å²) < 4.78 is 10.8. The van der Waals surface area contributed by atoms with E-state index in [4.69, 9.17) is 14.6 Å². The van der Waals surface area contributed by atoms with Gasteiger partial charge in [-0.1, -0.05) is 6.92 Å². The fourth-order valence-electron chi connectivity index (χ4n) is 2.21. The molecule has 1 N–H and O–H groups in total. The molecule has 1 aromatic rings. The number of aromatic nitrogens is 2. The summed E-state index contributed by atoms with van der Waals surface area (Å²) in [6.45, 7) is 3.99. The average Bonchev–Trinajstić information content (AvgIpc) is 2.51. The van der Waals surface area contributed by atoms with Crippen LogP contribution in [0.1, 0.15) is 26.2 Å². The molecule has 0 spiro atoms. The summed E-state index contributed by atoms with van der Waals surface area (Å²) in [5.41, 5.74) is 0. The van der Waals surface area contributed by atoms with Crippen LogP contribution < -0.4 is 9.64 Å². The van der Waals surface area contributed by atoms with Crippen LogP contribution in [0.25, 0.3) is 0 Å². The van der Waals surface area contributed by atoms with Crippen LogP contribution in [-0.2, 0) is 9.53 Å². The monoisotopic (exact) mass is 295 g/mol. The molecule has 21 heavy (non-hydrogen) atoms. The Kier molecular flexibility index (Phi) is 5.74. The Labute approximate surface area is 123 Å². The van der Waals surface area contributed by atoms with E-state index >= 15 is 0 Å². The minimum absolute atomic E-state index is 0.00448. The van der Waals surface area contributed by atoms with Gasteiger partial charge in [0.05, 0.1) is 25.1 Å². The molecule has 2 heterocycles. The molecule has 0 bridgehead atoms. The summed E-state index contributed by atoms with van der Waals surface area (Å²) in [7, 11) is 0. The zero-order chi connectivity index (χ0) is 15.1. The van der Waals surface area contributed by atoms with Crippen molar-refractivity contribution in [3.05, 3.63) is 12.4 Å². The normalized spacial score (nSPS) is 16.0. The van der Waals surface area contributed by atoms with Crippen LogP contribution in [0.15, 0.2) is 12.4 Å². The number of anilines is 1. The van der Waals surface area contributed by atoms with Crippen molar-refractivity contribution in [3.63, 3.8) is 0 Å². The van der Waals surface area contributed by atoms with Crippen LogP contribution in [0.5, 0.6) is 5.88 Å². The Morgan fingerprint density at radius 2 is 2.19 bits per heavy atom. The van der Waals surface area contributed by atoms with E-state index in [1.807, 2.05) is 6.92 Å². The number of carboxylic acid groups (broad SMARTS) is 1. The van der Waals surface area contributed by atoms with E-state index in [0.29, 0.717) is 12.5 Å². The minimum Gasteiger partial charge on any atom is -0.480 e. The fourth-order valence-corrected chi connectivity index (χ4v) is 2.21. The lowest BCUT2D eigenvalue weighted by atomic mass is 10.1. The Balaban J connectivity index is 1.85. The lowest BCUT2D eigenvalue weighted by Gasteiger charge is -2.32. The van der Waals surface area contributed by atoms with Gasteiger partial charge in [0.25, 0.3) is 0 Å². The van der Waals surface area contributed by atoms with Gasteiger partial charge in [0.15, 0.2) is 5.82 Å². The number of ether oxygens (including phenoxy) is 2. The smallest absolute Gasteiger partial charge is 0.329 e. The van der Waals surface area contributed by atoms with E-state index in [-0.39, 0.29) is 12.7 Å². The Morgan fingerprint density at radius 3 is 2.86 bits per heavy atom. The molecule has 1 aliphatic heterocycles. The standard InChI is InChI=1S/C14H21N3O4/c1-2-7-20-13-9-15-8-12(16-13)17-5-3-11(4-6-17)21-10-14(18)19/h8-9,11H,2-7,10H2,1H3,(H,18,19). The highest BCUT2D eigenvalue weighted by molar-refractivity contribution is 5.68. The zero-order valence-electron chi connectivity index (χ0n) is 12.2. The molecule has 2 rings (SSSR count). The molecule has 0 unspecified atom stereocenters. The summed E-state index contributed by atoms with van der Waals surface area (Å²) in [4.78, 5) is 21.2. The highest BCUT2D eigenvalue weighted by atomic mass is 16.5. The Morgan fingerprint density at radius 1 is 1.43 bits per heavy atom. The van der Waals surface area contributed by atoms with E-state index < -0.39 is 5.97 Å². The summed E-state index contributed by atoms with van der Waals surface area (Å²) in [5, 5.41) is 8.61. The number of aliphatic carboxylic acids is 1. The molecule has 7 heteroatoms. The number of hydrogen-bond donors (Lipinski definition) is 1. The molecule has 116 valence electrons. The number of rotatable bonds is 7. The first-order valence-corrected chi connectivity index (χ1v) is 7.22. The predicted octanol–water partition coefficient (Wildman–Crippen LogP) is 1.34. The van der Waals surface area contributed by atoms with Gasteiger partial charge in [-0.3, -0.25) is 4.98 Å². The highest BCUT2D eigenvalue weighted by Crippen LogP contribution is 2.20. The van der Waals surface area contributed by atoms with Crippen molar-refractivity contribution in [3.8, 4) is 5.88 Å². The minimum atomic E-state index is -0.927. The SMILES string of the molecule is CCCOc1cncc(N2CCC(OCC(=O)O)CC2)n1. The van der Waals surface area contributed by atoms with Gasteiger partial charge in [0.1, 0.15) is 6.61 Å². The van der Waals surface area contributed by atoms with Crippen LogP contribution in [0, 0.1) is 0 Å². The molecule has 0 aliphatic carbocycles. The second-order valence-electron chi connectivity index (χ2n) is 4.96. The molecule has 0 saturated carbocycles. The van der Waals surface area contributed by atoms with Gasteiger partial charge in [0, 0.05) is 13.1 Å². The molecule has 1 saturated heterocycles. The maximum Gasteiger partial charge on any atom is 0.329 e. The van der Waals surface area contributed by atoms with E-state index in [2.05, 4.69) is 14.9 Å². The lowest BCUT2D eigenvalue weighted by Crippen LogP contribution is -2.38. The molecule has 0 aromatic carbocycles. The first kappa shape index (κ1) is 15.5. The highest BCUT2D eigenvalue weighted by Gasteiger charge is 2.21. The van der Waals surface area contributed by atoms with E-state index in [1.54, 1.807) is 12.4 Å². The second kappa shape index (κ2) is 7.78. The van der Waals surface area contributed by atoms with E-state index in [0.717, 1.165) is 38.2 Å². The maximum absolute atomic E-state index is 10.5. The van der Waals surface area contributed by atoms with Crippen LogP contribution in [0.3, 0.4) is 0 Å². The van der Waals surface area contributed by atoms with Gasteiger partial charge in [-0.2, -0.15) is 4.98 Å². The van der Waals surface area contributed by atoms with Crippen molar-refractivity contribution in [2.24, 2.45) is 0 Å². The van der Waals surface area contributed by atoms with E-state index in [9.17, 15) is 4.79 Å². The molecule has 1 fully saturated rings. The molecule has 1 aliphatic rings. The molecule has 0 amide bonds. The van der Waals surface area contributed by atoms with Gasteiger partial charge in [-0.15, -0.1) is 0 Å². The van der Waals surface area contributed by atoms with Crippen LogP contribution in [0.4, 0.5) is 5.82 Å². The largest absolute Gasteiger partial charge is 0.480 e. The second-order valence-corrected chi connectivity index (χ2v) is 4.96. The number of carbonyl (C=O) groups is 1. The van der Waals surface area contributed by atoms with Crippen LogP contribution >= 0.6 is 0 Å². The average molecular weight is 295 g/mol. The van der Waals surface area contributed by atoms with Crippen molar-refractivity contribution in [1.29, 1.82) is 0 Å². The fraction of sp³-hybridized carbons (Fsp3) is 0.643. The Hall–Kier alpha value is -1.89. The third-order valence-electron chi connectivity index (χ3n) is 3.26. The molecule has 0 atom stereocenters. The van der Waals surface area contributed by atoms with Gasteiger partial charge < -0.3 is 19.5 Å². The zero-order valence-corrected chi connectivity index (χ0v) is 12.2. The van der Waals surface area contributed by atoms with Crippen molar-refractivity contribution < 1.29 is 19.4 Å². The van der Waals surface area contributed by atoms with E-state index in [1.165, 1.54) is 0 Å². The van der Waals surface area contributed by atoms with Crippen LogP contribution in [0.2, 0.25) is 0 Å². The molecule has 7 nitrogen and oxygen atoms in total. The summed E-state index contributed by atoms with van der Waals surface area (Å²) >= 11 is 0. The number of carboxylic acids is 1. The summed E-state index contributed by atoms with van der Waals surface area (Å²) in [6, 6.07) is 0. The quantitative estimate of drug-likeness (QED) is 0.812. The molecule has 0 radical (unpaired) electrons. The molecular weight excluding hydrogens is 274 g/mol. The third kappa shape index (κ3) is 4.86. The van der Waals surface area contributed by atoms with Crippen molar-refractivity contribution in [2.75, 3.05) is 31.2 Å². The van der Waals surface area contributed by atoms with Crippen molar-refractivity contribution in [1.82, 2.24) is 9.97 Å². The maximum atomic E-state index is 10.5. The Bertz CT molecular complexity index is 461. The summed E-state index contributed by atoms with van der Waals surface area (Å²) in [6.07, 6.45) is 5.84. The number of piperidine rings is 1. The topological polar surface area (TPSA) is 84.8 Å². The summed E-state index contributed by atoms with van der Waals surface area (Å²) in [5.74, 6) is 0.406. The van der Waals surface area contributed by atoms with Gasteiger partial charge in [-0.25, -0.2) is 4.79 Å². The van der Waals surface area contributed by atoms with Gasteiger partial charge in [-0.05, 0) is 19.3 Å². The molecule has 1 aromatic heterocycles. The molecular formula is C14H21N3O4. The number of nitrogens with zero attached hydrogens (tertiary/aromatic N) is 3. The first-order valence-electron chi connectivity index (χ1n) is 7.22. The van der Waals surface area contributed by atoms with Crippen molar-refractivity contribution >= 4 is 11.8 Å². The first-order chi connectivity index (χ1) is 10.2. The van der Waals surface area contributed by atoms with Gasteiger partial charge in [0.2, 0.25) is 5.88 Å². The lowest BCUT2D eigenvalue weighted by molar-refractivity contribution is -0.144. The third-order valence-corrected chi connectivity index (χ3v) is 3.26. The predicted molar refractivity (Wildman–Crippen MR) is 76.6 cm³/mol. The van der Waals surface area contributed by atoms with Gasteiger partial charge >= 0.3 is 5.97 Å². The van der Waals surface area contributed by atoms with Crippen molar-refractivity contribution in [2.45, 2.75) is 32.3 Å². The number of hydrogen-bond acceptors (Lipinski definition) is 6.